The highest BCUT2D eigenvalue weighted by Gasteiger charge is 2.35. The number of H-pyrrole nitrogens is 1. The van der Waals surface area contributed by atoms with Gasteiger partial charge in [-0.1, -0.05) is 24.6 Å². The highest BCUT2D eigenvalue weighted by atomic mass is 19.4. The molecule has 6 nitrogen and oxygen atoms in total. The Morgan fingerprint density at radius 2 is 1.92 bits per heavy atom. The molecule has 3 atom stereocenters. The minimum Gasteiger partial charge on any atom is -0.384 e. The number of fused-ring (bicyclic) bond motifs is 1. The van der Waals surface area contributed by atoms with Gasteiger partial charge < -0.3 is 10.7 Å². The molecule has 1 aromatic heterocycles. The quantitative estimate of drug-likeness (QED) is 0.272. The SMILES string of the molecule is CC(CCCc1c(C(F)(F)F)ccc2nc(-c3cccc(C(=N)N)c3)c(=O)[nH]c12)N1C(C)CCCC1C. The van der Waals surface area contributed by atoms with Gasteiger partial charge in [0.25, 0.3) is 5.56 Å². The van der Waals surface area contributed by atoms with Gasteiger partial charge in [-0.05, 0) is 76.6 Å². The molecule has 0 spiro atoms. The zero-order valence-electron chi connectivity index (χ0n) is 21.5. The smallest absolute Gasteiger partial charge is 0.384 e. The average molecular weight is 514 g/mol. The first kappa shape index (κ1) is 26.9. The summed E-state index contributed by atoms with van der Waals surface area (Å²) in [5.41, 5.74) is 5.67. The maximum Gasteiger partial charge on any atom is 0.416 e. The number of aryl methyl sites for hydroxylation is 1. The number of benzene rings is 2. The first-order valence-electron chi connectivity index (χ1n) is 12.8. The molecule has 9 heteroatoms. The fraction of sp³-hybridized carbons (Fsp3) is 0.464. The van der Waals surface area contributed by atoms with E-state index in [-0.39, 0.29) is 40.6 Å². The van der Waals surface area contributed by atoms with Crippen molar-refractivity contribution in [2.45, 2.75) is 83.6 Å². The van der Waals surface area contributed by atoms with Crippen LogP contribution in [0.5, 0.6) is 0 Å². The van der Waals surface area contributed by atoms with E-state index in [0.29, 0.717) is 29.6 Å². The molecule has 198 valence electrons. The van der Waals surface area contributed by atoms with Gasteiger partial charge in [-0.15, -0.1) is 0 Å². The molecular weight excluding hydrogens is 479 g/mol. The Labute approximate surface area is 214 Å². The number of aromatic nitrogens is 2. The molecule has 2 aromatic carbocycles. The number of piperidine rings is 1. The second kappa shape index (κ2) is 10.7. The second-order valence-corrected chi connectivity index (χ2v) is 10.2. The first-order chi connectivity index (χ1) is 17.5. The van der Waals surface area contributed by atoms with Crippen LogP contribution >= 0.6 is 0 Å². The number of likely N-dealkylation sites (tertiary alicyclic amines) is 1. The monoisotopic (exact) mass is 513 g/mol. The van der Waals surface area contributed by atoms with Crippen molar-refractivity contribution in [1.29, 1.82) is 5.41 Å². The summed E-state index contributed by atoms with van der Waals surface area (Å²) in [7, 11) is 0. The minimum absolute atomic E-state index is 0.0722. The topological polar surface area (TPSA) is 98.9 Å². The average Bonchev–Trinajstić information content (AvgIpc) is 2.83. The molecule has 0 bridgehead atoms. The van der Waals surface area contributed by atoms with Crippen molar-refractivity contribution < 1.29 is 13.2 Å². The summed E-state index contributed by atoms with van der Waals surface area (Å²) in [6.45, 7) is 6.59. The Kier molecular flexibility index (Phi) is 7.73. The maximum absolute atomic E-state index is 14.0. The Balaban J connectivity index is 1.67. The van der Waals surface area contributed by atoms with E-state index in [1.165, 1.54) is 12.5 Å². The molecule has 0 saturated carbocycles. The predicted octanol–water partition coefficient (Wildman–Crippen LogP) is 5.87. The predicted molar refractivity (Wildman–Crippen MR) is 141 cm³/mol. The molecular formula is C28H34F3N5O. The van der Waals surface area contributed by atoms with Crippen molar-refractivity contribution in [3.63, 3.8) is 0 Å². The van der Waals surface area contributed by atoms with E-state index in [4.69, 9.17) is 11.1 Å². The van der Waals surface area contributed by atoms with E-state index in [1.807, 2.05) is 0 Å². The second-order valence-electron chi connectivity index (χ2n) is 10.2. The summed E-state index contributed by atoms with van der Waals surface area (Å²) >= 11 is 0. The highest BCUT2D eigenvalue weighted by molar-refractivity contribution is 5.96. The van der Waals surface area contributed by atoms with Crippen LogP contribution in [0.25, 0.3) is 22.3 Å². The van der Waals surface area contributed by atoms with E-state index in [0.717, 1.165) is 25.3 Å². The van der Waals surface area contributed by atoms with Gasteiger partial charge in [-0.25, -0.2) is 4.98 Å². The Bertz CT molecular complexity index is 1340. The Hall–Kier alpha value is -3.20. The molecule has 1 fully saturated rings. The van der Waals surface area contributed by atoms with Crippen molar-refractivity contribution in [3.05, 3.63) is 63.4 Å². The van der Waals surface area contributed by atoms with Crippen molar-refractivity contribution in [1.82, 2.24) is 14.9 Å². The third-order valence-corrected chi connectivity index (χ3v) is 7.55. The van der Waals surface area contributed by atoms with Crippen molar-refractivity contribution >= 4 is 16.9 Å². The van der Waals surface area contributed by atoms with Crippen LogP contribution in [0.4, 0.5) is 13.2 Å². The number of hydrogen-bond donors (Lipinski definition) is 3. The zero-order chi connectivity index (χ0) is 26.9. The van der Waals surface area contributed by atoms with Crippen LogP contribution in [-0.2, 0) is 12.6 Å². The summed E-state index contributed by atoms with van der Waals surface area (Å²) < 4.78 is 41.9. The molecule has 2 heterocycles. The maximum atomic E-state index is 14.0. The summed E-state index contributed by atoms with van der Waals surface area (Å²) in [4.78, 5) is 22.6. The number of halogens is 3. The van der Waals surface area contributed by atoms with Gasteiger partial charge in [0.05, 0.1) is 16.6 Å². The molecule has 1 saturated heterocycles. The number of aromatic amines is 1. The van der Waals surface area contributed by atoms with Gasteiger partial charge in [0, 0.05) is 29.3 Å². The van der Waals surface area contributed by atoms with Gasteiger partial charge in [-0.3, -0.25) is 15.1 Å². The molecule has 0 amide bonds. The lowest BCUT2D eigenvalue weighted by molar-refractivity contribution is -0.138. The lowest BCUT2D eigenvalue weighted by atomic mass is 9.93. The number of rotatable bonds is 7. The molecule has 4 rings (SSSR count). The van der Waals surface area contributed by atoms with E-state index in [1.54, 1.807) is 24.3 Å². The molecule has 37 heavy (non-hydrogen) atoms. The van der Waals surface area contributed by atoms with Crippen molar-refractivity contribution in [2.24, 2.45) is 5.73 Å². The molecule has 3 aromatic rings. The van der Waals surface area contributed by atoms with Gasteiger partial charge in [0.15, 0.2) is 0 Å². The molecule has 0 radical (unpaired) electrons. The van der Waals surface area contributed by atoms with E-state index < -0.39 is 17.3 Å². The van der Waals surface area contributed by atoms with Gasteiger partial charge in [-0.2, -0.15) is 13.2 Å². The number of nitrogens with two attached hydrogens (primary N) is 1. The summed E-state index contributed by atoms with van der Waals surface area (Å²) in [5, 5.41) is 7.63. The first-order valence-corrected chi connectivity index (χ1v) is 12.8. The van der Waals surface area contributed by atoms with Crippen LogP contribution < -0.4 is 11.3 Å². The van der Waals surface area contributed by atoms with Crippen LogP contribution in [0.3, 0.4) is 0 Å². The molecule has 1 aliphatic rings. The molecule has 0 aliphatic carbocycles. The van der Waals surface area contributed by atoms with E-state index in [9.17, 15) is 18.0 Å². The van der Waals surface area contributed by atoms with E-state index >= 15 is 0 Å². The molecule has 1 aliphatic heterocycles. The van der Waals surface area contributed by atoms with Crippen LogP contribution in [0.1, 0.15) is 69.6 Å². The molecule has 3 unspecified atom stereocenters. The number of hydrogen-bond acceptors (Lipinski definition) is 4. The standard InChI is InChI=1S/C28H34F3N5O/c1-16-7-4-8-17(2)36(16)18(3)9-5-12-21-22(28(29,30)31)13-14-23-25(21)35-27(37)24(34-23)19-10-6-11-20(15-19)26(32)33/h6,10-11,13-18H,4-5,7-9,12H2,1-3H3,(H3,32,33)(H,35,37). The number of nitrogen functional groups attached to an aromatic ring is 1. The third kappa shape index (κ3) is 5.71. The van der Waals surface area contributed by atoms with E-state index in [2.05, 4.69) is 35.6 Å². The summed E-state index contributed by atoms with van der Waals surface area (Å²) in [6, 6.07) is 10.1. The number of alkyl halides is 3. The van der Waals surface area contributed by atoms with Crippen LogP contribution in [0, 0.1) is 5.41 Å². The van der Waals surface area contributed by atoms with Gasteiger partial charge in [0.1, 0.15) is 11.5 Å². The largest absolute Gasteiger partial charge is 0.416 e. The number of amidine groups is 1. The van der Waals surface area contributed by atoms with Gasteiger partial charge in [0.2, 0.25) is 0 Å². The van der Waals surface area contributed by atoms with Gasteiger partial charge >= 0.3 is 6.18 Å². The lowest BCUT2D eigenvalue weighted by Crippen LogP contribution is -2.48. The minimum atomic E-state index is -4.55. The Morgan fingerprint density at radius 3 is 2.57 bits per heavy atom. The summed E-state index contributed by atoms with van der Waals surface area (Å²) in [5.74, 6) is -0.154. The van der Waals surface area contributed by atoms with Crippen LogP contribution in [0.15, 0.2) is 41.2 Å². The number of nitrogens with one attached hydrogen (secondary N) is 2. The summed E-state index contributed by atoms with van der Waals surface area (Å²) in [6.07, 6.45) is 0.444. The molecule has 4 N–H and O–H groups in total. The fourth-order valence-electron chi connectivity index (χ4n) is 5.80. The van der Waals surface area contributed by atoms with Crippen molar-refractivity contribution in [3.8, 4) is 11.3 Å². The third-order valence-electron chi connectivity index (χ3n) is 7.55. The fourth-order valence-corrected chi connectivity index (χ4v) is 5.80. The highest BCUT2D eigenvalue weighted by Crippen LogP contribution is 2.36. The Morgan fingerprint density at radius 1 is 1.22 bits per heavy atom. The zero-order valence-corrected chi connectivity index (χ0v) is 21.5. The van der Waals surface area contributed by atoms with Crippen LogP contribution in [0.2, 0.25) is 0 Å². The normalized spacial score (nSPS) is 19.7. The lowest BCUT2D eigenvalue weighted by Gasteiger charge is -2.43. The van der Waals surface area contributed by atoms with Crippen molar-refractivity contribution in [2.75, 3.05) is 0 Å². The number of nitrogens with zero attached hydrogens (tertiary/aromatic N) is 2. The van der Waals surface area contributed by atoms with Crippen LogP contribution in [-0.4, -0.2) is 38.8 Å².